The number of carbonyl (C=O) groups is 1. The van der Waals surface area contributed by atoms with Crippen LogP contribution in [0, 0.1) is 20.8 Å². The van der Waals surface area contributed by atoms with Crippen LogP contribution in [-0.4, -0.2) is 58.3 Å². The van der Waals surface area contributed by atoms with E-state index in [2.05, 4.69) is 0 Å². The molecule has 1 aromatic carbocycles. The summed E-state index contributed by atoms with van der Waals surface area (Å²) in [7, 11) is -3.55. The van der Waals surface area contributed by atoms with Gasteiger partial charge in [-0.15, -0.1) is 0 Å². The third kappa shape index (κ3) is 4.23. The third-order valence-electron chi connectivity index (χ3n) is 3.93. The second kappa shape index (κ2) is 6.88. The maximum Gasteiger partial charge on any atom is 0.243 e. The summed E-state index contributed by atoms with van der Waals surface area (Å²) in [5.74, 6) is -0.196. The molecule has 0 aliphatic carbocycles. The molecule has 6 nitrogen and oxygen atoms in total. The molecule has 23 heavy (non-hydrogen) atoms. The Bertz CT molecular complexity index is 671. The Balaban J connectivity index is 2.34. The van der Waals surface area contributed by atoms with Crippen LogP contribution >= 0.6 is 0 Å². The van der Waals surface area contributed by atoms with Crippen molar-refractivity contribution >= 4 is 21.6 Å². The number of anilines is 1. The van der Waals surface area contributed by atoms with E-state index in [0.29, 0.717) is 32.0 Å². The first-order chi connectivity index (χ1) is 10.7. The molecule has 1 aliphatic heterocycles. The Morgan fingerprint density at radius 3 is 2.17 bits per heavy atom. The summed E-state index contributed by atoms with van der Waals surface area (Å²) in [6.07, 6.45) is 1.14. The number of carbonyl (C=O) groups excluding carboxylic acids is 1. The Hall–Kier alpha value is -1.60. The fraction of sp³-hybridized carbons (Fsp3) is 0.562. The van der Waals surface area contributed by atoms with Gasteiger partial charge in [-0.25, -0.2) is 8.42 Å². The lowest BCUT2D eigenvalue weighted by Gasteiger charge is -2.31. The molecule has 0 aromatic heterocycles. The molecule has 1 fully saturated rings. The highest BCUT2D eigenvalue weighted by Gasteiger charge is 2.27. The van der Waals surface area contributed by atoms with Gasteiger partial charge in [-0.3, -0.25) is 9.10 Å². The van der Waals surface area contributed by atoms with Crippen molar-refractivity contribution in [3.8, 4) is 0 Å². The van der Waals surface area contributed by atoms with Gasteiger partial charge < -0.3 is 9.64 Å². The largest absolute Gasteiger partial charge is 0.378 e. The zero-order valence-corrected chi connectivity index (χ0v) is 14.9. The lowest BCUT2D eigenvalue weighted by Crippen LogP contribution is -2.47. The van der Waals surface area contributed by atoms with E-state index in [-0.39, 0.29) is 12.5 Å². The maximum atomic E-state index is 12.5. The number of nitrogens with zero attached hydrogens (tertiary/aromatic N) is 2. The van der Waals surface area contributed by atoms with E-state index >= 15 is 0 Å². The fourth-order valence-corrected chi connectivity index (χ4v) is 3.93. The molecule has 128 valence electrons. The molecule has 1 saturated heterocycles. The molecule has 1 amide bonds. The molecule has 0 spiro atoms. The second-order valence-electron chi connectivity index (χ2n) is 6.01. The van der Waals surface area contributed by atoms with E-state index in [4.69, 9.17) is 4.74 Å². The lowest BCUT2D eigenvalue weighted by atomic mass is 10.1. The maximum absolute atomic E-state index is 12.5. The van der Waals surface area contributed by atoms with Gasteiger partial charge >= 0.3 is 0 Å². The molecular weight excluding hydrogens is 316 g/mol. The standard InChI is InChI=1S/C16H24N2O4S/c1-12-9-13(2)16(14(3)10-12)18(23(4,20)21)11-15(19)17-5-7-22-8-6-17/h9-10H,5-8,11H2,1-4H3. The number of benzene rings is 1. The Morgan fingerprint density at radius 2 is 1.70 bits per heavy atom. The normalized spacial score (nSPS) is 15.6. The predicted molar refractivity (Wildman–Crippen MR) is 90.2 cm³/mol. The van der Waals surface area contributed by atoms with Crippen molar-refractivity contribution in [2.45, 2.75) is 20.8 Å². The molecular formula is C16H24N2O4S. The molecule has 1 aliphatic rings. The second-order valence-corrected chi connectivity index (χ2v) is 7.92. The van der Waals surface area contributed by atoms with E-state index in [1.165, 1.54) is 4.31 Å². The van der Waals surface area contributed by atoms with Gasteiger partial charge in [0.1, 0.15) is 6.54 Å². The van der Waals surface area contributed by atoms with Crippen LogP contribution in [0.15, 0.2) is 12.1 Å². The zero-order valence-electron chi connectivity index (χ0n) is 14.1. The van der Waals surface area contributed by atoms with Gasteiger partial charge in [-0.1, -0.05) is 17.7 Å². The van der Waals surface area contributed by atoms with Crippen molar-refractivity contribution in [2.24, 2.45) is 0 Å². The fourth-order valence-electron chi connectivity index (χ4n) is 2.96. The summed E-state index contributed by atoms with van der Waals surface area (Å²) in [6, 6.07) is 3.86. The van der Waals surface area contributed by atoms with Gasteiger partial charge in [-0.05, 0) is 31.9 Å². The highest BCUT2D eigenvalue weighted by molar-refractivity contribution is 7.92. The molecule has 7 heteroatoms. The number of aryl methyl sites for hydroxylation is 3. The van der Waals surface area contributed by atoms with Crippen LogP contribution in [0.3, 0.4) is 0 Å². The van der Waals surface area contributed by atoms with E-state index in [9.17, 15) is 13.2 Å². The first-order valence-corrected chi connectivity index (χ1v) is 9.46. The first-order valence-electron chi connectivity index (χ1n) is 7.61. The van der Waals surface area contributed by atoms with Crippen molar-refractivity contribution in [2.75, 3.05) is 43.4 Å². The van der Waals surface area contributed by atoms with Gasteiger partial charge in [0, 0.05) is 13.1 Å². The topological polar surface area (TPSA) is 66.9 Å². The molecule has 0 radical (unpaired) electrons. The zero-order chi connectivity index (χ0) is 17.2. The SMILES string of the molecule is Cc1cc(C)c(N(CC(=O)N2CCOCC2)S(C)(=O)=O)c(C)c1. The van der Waals surface area contributed by atoms with Crippen LogP contribution in [0.2, 0.25) is 0 Å². The molecule has 0 saturated carbocycles. The van der Waals surface area contributed by atoms with Crippen molar-refractivity contribution in [1.82, 2.24) is 4.90 Å². The van der Waals surface area contributed by atoms with Crippen LogP contribution in [-0.2, 0) is 19.6 Å². The number of hydrogen-bond acceptors (Lipinski definition) is 4. The van der Waals surface area contributed by atoms with Crippen LogP contribution in [0.4, 0.5) is 5.69 Å². The molecule has 2 rings (SSSR count). The van der Waals surface area contributed by atoms with Gasteiger partial charge in [-0.2, -0.15) is 0 Å². The summed E-state index contributed by atoms with van der Waals surface area (Å²) in [5, 5.41) is 0. The van der Waals surface area contributed by atoms with Gasteiger partial charge in [0.15, 0.2) is 0 Å². The van der Waals surface area contributed by atoms with Gasteiger partial charge in [0.2, 0.25) is 15.9 Å². The minimum Gasteiger partial charge on any atom is -0.378 e. The Morgan fingerprint density at radius 1 is 1.17 bits per heavy atom. The van der Waals surface area contributed by atoms with Gasteiger partial charge in [0.25, 0.3) is 0 Å². The minimum absolute atomic E-state index is 0.177. The molecule has 1 aromatic rings. The smallest absolute Gasteiger partial charge is 0.243 e. The number of ether oxygens (including phenoxy) is 1. The minimum atomic E-state index is -3.55. The van der Waals surface area contributed by atoms with E-state index in [0.717, 1.165) is 22.9 Å². The summed E-state index contributed by atoms with van der Waals surface area (Å²) >= 11 is 0. The first kappa shape index (κ1) is 17.7. The number of amides is 1. The van der Waals surface area contributed by atoms with Crippen molar-refractivity contribution in [3.05, 3.63) is 28.8 Å². The average molecular weight is 340 g/mol. The highest BCUT2D eigenvalue weighted by Crippen LogP contribution is 2.28. The Kier molecular flexibility index (Phi) is 5.31. The number of rotatable bonds is 4. The van der Waals surface area contributed by atoms with Crippen LogP contribution in [0.25, 0.3) is 0 Å². The average Bonchev–Trinajstić information content (AvgIpc) is 2.45. The van der Waals surface area contributed by atoms with E-state index in [1.807, 2.05) is 32.9 Å². The summed E-state index contributed by atoms with van der Waals surface area (Å²) in [4.78, 5) is 14.1. The molecule has 0 N–H and O–H groups in total. The van der Waals surface area contributed by atoms with Crippen molar-refractivity contribution < 1.29 is 17.9 Å². The van der Waals surface area contributed by atoms with Crippen LogP contribution in [0.1, 0.15) is 16.7 Å². The van der Waals surface area contributed by atoms with Crippen molar-refractivity contribution in [3.63, 3.8) is 0 Å². The summed E-state index contributed by atoms with van der Waals surface area (Å²) in [6.45, 7) is 7.52. The quantitative estimate of drug-likeness (QED) is 0.827. The lowest BCUT2D eigenvalue weighted by molar-refractivity contribution is -0.133. The van der Waals surface area contributed by atoms with Crippen molar-refractivity contribution in [1.29, 1.82) is 0 Å². The number of morpholine rings is 1. The van der Waals surface area contributed by atoms with E-state index < -0.39 is 10.0 Å². The van der Waals surface area contributed by atoms with E-state index in [1.54, 1.807) is 4.90 Å². The molecule has 0 bridgehead atoms. The van der Waals surface area contributed by atoms with Crippen LogP contribution < -0.4 is 4.31 Å². The predicted octanol–water partition coefficient (Wildman–Crippen LogP) is 1.24. The summed E-state index contributed by atoms with van der Waals surface area (Å²) < 4.78 is 31.0. The highest BCUT2D eigenvalue weighted by atomic mass is 32.2. The third-order valence-corrected chi connectivity index (χ3v) is 5.04. The number of sulfonamides is 1. The summed E-state index contributed by atoms with van der Waals surface area (Å²) in [5.41, 5.74) is 3.36. The van der Waals surface area contributed by atoms with Crippen LogP contribution in [0.5, 0.6) is 0 Å². The van der Waals surface area contributed by atoms with Gasteiger partial charge in [0.05, 0.1) is 25.2 Å². The molecule has 0 unspecified atom stereocenters. The number of hydrogen-bond donors (Lipinski definition) is 0. The molecule has 0 atom stereocenters. The Labute approximate surface area is 138 Å². The molecule has 1 heterocycles. The monoisotopic (exact) mass is 340 g/mol.